The SMILES string of the molecule is C=C1CCCC(NC)C(=O)N1CC1CCCCCO1. The summed E-state index contributed by atoms with van der Waals surface area (Å²) >= 11 is 0. The van der Waals surface area contributed by atoms with E-state index in [0.717, 1.165) is 44.4 Å². The lowest BCUT2D eigenvalue weighted by Crippen LogP contribution is -2.46. The van der Waals surface area contributed by atoms with Gasteiger partial charge in [-0.05, 0) is 39.2 Å². The molecule has 2 rings (SSSR count). The Balaban J connectivity index is 2.01. The third-order valence-corrected chi connectivity index (χ3v) is 4.16. The van der Waals surface area contributed by atoms with Gasteiger partial charge in [0.1, 0.15) is 0 Å². The first-order chi connectivity index (χ1) is 9.22. The van der Waals surface area contributed by atoms with Crippen LogP contribution >= 0.6 is 0 Å². The Morgan fingerprint density at radius 3 is 2.95 bits per heavy atom. The van der Waals surface area contributed by atoms with Crippen LogP contribution in [0.15, 0.2) is 12.3 Å². The van der Waals surface area contributed by atoms with Gasteiger partial charge >= 0.3 is 0 Å². The summed E-state index contributed by atoms with van der Waals surface area (Å²) in [5, 5.41) is 3.12. The van der Waals surface area contributed by atoms with Gasteiger partial charge in [-0.2, -0.15) is 0 Å². The largest absolute Gasteiger partial charge is 0.376 e. The predicted molar refractivity (Wildman–Crippen MR) is 75.8 cm³/mol. The minimum atomic E-state index is -0.0648. The summed E-state index contributed by atoms with van der Waals surface area (Å²) in [5.41, 5.74) is 0.954. The minimum absolute atomic E-state index is 0.0648. The molecule has 0 aromatic heterocycles. The van der Waals surface area contributed by atoms with Gasteiger partial charge in [0.25, 0.3) is 0 Å². The molecule has 2 aliphatic rings. The molecule has 4 heteroatoms. The Morgan fingerprint density at radius 1 is 1.32 bits per heavy atom. The molecule has 0 saturated carbocycles. The topological polar surface area (TPSA) is 41.6 Å². The number of nitrogens with zero attached hydrogens (tertiary/aromatic N) is 1. The Bertz CT molecular complexity index is 322. The number of carbonyl (C=O) groups is 1. The van der Waals surface area contributed by atoms with Gasteiger partial charge in [0.05, 0.1) is 18.7 Å². The third-order valence-electron chi connectivity index (χ3n) is 4.16. The van der Waals surface area contributed by atoms with Crippen molar-refractivity contribution in [3.8, 4) is 0 Å². The summed E-state index contributed by atoms with van der Waals surface area (Å²) in [6.07, 6.45) is 7.66. The van der Waals surface area contributed by atoms with Gasteiger partial charge in [-0.3, -0.25) is 4.79 Å². The molecule has 1 N–H and O–H groups in total. The Labute approximate surface area is 116 Å². The van der Waals surface area contributed by atoms with Crippen LogP contribution in [0.2, 0.25) is 0 Å². The van der Waals surface area contributed by atoms with Gasteiger partial charge in [-0.15, -0.1) is 0 Å². The monoisotopic (exact) mass is 266 g/mol. The molecule has 2 heterocycles. The highest BCUT2D eigenvalue weighted by Crippen LogP contribution is 2.22. The molecule has 0 radical (unpaired) electrons. The van der Waals surface area contributed by atoms with Crippen molar-refractivity contribution in [2.75, 3.05) is 20.2 Å². The summed E-state index contributed by atoms with van der Waals surface area (Å²) in [4.78, 5) is 14.4. The van der Waals surface area contributed by atoms with Crippen LogP contribution in [0.25, 0.3) is 0 Å². The number of likely N-dealkylation sites (N-methyl/N-ethyl adjacent to an activating group) is 1. The zero-order chi connectivity index (χ0) is 13.7. The van der Waals surface area contributed by atoms with Crippen LogP contribution in [0.4, 0.5) is 0 Å². The Kier molecular flexibility index (Phi) is 5.40. The molecule has 1 amide bonds. The van der Waals surface area contributed by atoms with E-state index in [4.69, 9.17) is 4.74 Å². The number of allylic oxidation sites excluding steroid dienone is 1. The maximum atomic E-state index is 12.5. The summed E-state index contributed by atoms with van der Waals surface area (Å²) in [7, 11) is 1.86. The summed E-state index contributed by atoms with van der Waals surface area (Å²) in [5.74, 6) is 0.165. The van der Waals surface area contributed by atoms with Crippen molar-refractivity contribution in [2.24, 2.45) is 0 Å². The fourth-order valence-corrected chi connectivity index (χ4v) is 2.93. The average molecular weight is 266 g/mol. The summed E-state index contributed by atoms with van der Waals surface area (Å²) in [6.45, 7) is 5.59. The molecule has 2 atom stereocenters. The second-order valence-corrected chi connectivity index (χ2v) is 5.59. The smallest absolute Gasteiger partial charge is 0.243 e. The Hall–Kier alpha value is -0.870. The zero-order valence-corrected chi connectivity index (χ0v) is 12.0. The van der Waals surface area contributed by atoms with E-state index in [2.05, 4.69) is 11.9 Å². The van der Waals surface area contributed by atoms with Crippen molar-refractivity contribution in [3.63, 3.8) is 0 Å². The van der Waals surface area contributed by atoms with Crippen LogP contribution in [0.3, 0.4) is 0 Å². The van der Waals surface area contributed by atoms with Crippen LogP contribution in [-0.4, -0.2) is 43.2 Å². The number of ether oxygens (including phenoxy) is 1. The van der Waals surface area contributed by atoms with Gasteiger partial charge < -0.3 is 15.0 Å². The first-order valence-corrected chi connectivity index (χ1v) is 7.50. The lowest BCUT2D eigenvalue weighted by molar-refractivity contribution is -0.132. The van der Waals surface area contributed by atoms with Crippen molar-refractivity contribution in [2.45, 2.75) is 57.1 Å². The van der Waals surface area contributed by atoms with Crippen LogP contribution < -0.4 is 5.32 Å². The van der Waals surface area contributed by atoms with E-state index in [-0.39, 0.29) is 18.1 Å². The third kappa shape index (κ3) is 3.80. The number of hydrogen-bond acceptors (Lipinski definition) is 3. The fourth-order valence-electron chi connectivity index (χ4n) is 2.93. The molecular formula is C15H26N2O2. The lowest BCUT2D eigenvalue weighted by atomic mass is 10.1. The van der Waals surface area contributed by atoms with E-state index in [0.29, 0.717) is 6.54 Å². The van der Waals surface area contributed by atoms with Crippen LogP contribution in [0, 0.1) is 0 Å². The molecule has 19 heavy (non-hydrogen) atoms. The number of hydrogen-bond donors (Lipinski definition) is 1. The number of likely N-dealkylation sites (tertiary alicyclic amines) is 1. The van der Waals surface area contributed by atoms with Crippen molar-refractivity contribution in [1.82, 2.24) is 10.2 Å². The molecule has 0 bridgehead atoms. The van der Waals surface area contributed by atoms with E-state index >= 15 is 0 Å². The highest BCUT2D eigenvalue weighted by Gasteiger charge is 2.30. The molecule has 2 unspecified atom stereocenters. The molecule has 2 aliphatic heterocycles. The first kappa shape index (κ1) is 14.5. The molecule has 4 nitrogen and oxygen atoms in total. The first-order valence-electron chi connectivity index (χ1n) is 7.50. The normalized spacial score (nSPS) is 30.1. The van der Waals surface area contributed by atoms with Crippen LogP contribution in [0.1, 0.15) is 44.9 Å². The molecule has 2 saturated heterocycles. The molecule has 108 valence electrons. The summed E-state index contributed by atoms with van der Waals surface area (Å²) in [6, 6.07) is -0.0648. The standard InChI is InChI=1S/C15H26N2O2/c1-12-7-6-9-14(16-2)15(18)17(12)11-13-8-4-3-5-10-19-13/h13-14,16H,1,3-11H2,2H3. The lowest BCUT2D eigenvalue weighted by Gasteiger charge is -2.29. The van der Waals surface area contributed by atoms with Crippen molar-refractivity contribution in [3.05, 3.63) is 12.3 Å². The van der Waals surface area contributed by atoms with E-state index < -0.39 is 0 Å². The van der Waals surface area contributed by atoms with Crippen LogP contribution in [0.5, 0.6) is 0 Å². The van der Waals surface area contributed by atoms with Gasteiger partial charge in [-0.1, -0.05) is 19.4 Å². The van der Waals surface area contributed by atoms with Crippen molar-refractivity contribution in [1.29, 1.82) is 0 Å². The molecule has 0 aromatic carbocycles. The quantitative estimate of drug-likeness (QED) is 0.850. The maximum absolute atomic E-state index is 12.5. The number of amides is 1. The van der Waals surface area contributed by atoms with E-state index in [1.165, 1.54) is 12.8 Å². The molecule has 0 spiro atoms. The van der Waals surface area contributed by atoms with Gasteiger partial charge in [-0.25, -0.2) is 0 Å². The second kappa shape index (κ2) is 7.06. The van der Waals surface area contributed by atoms with Crippen LogP contribution in [-0.2, 0) is 9.53 Å². The predicted octanol–water partition coefficient (Wildman–Crippen LogP) is 2.06. The average Bonchev–Trinajstić information content (AvgIpc) is 2.74. The van der Waals surface area contributed by atoms with Gasteiger partial charge in [0, 0.05) is 12.3 Å². The van der Waals surface area contributed by atoms with E-state index in [1.807, 2.05) is 11.9 Å². The van der Waals surface area contributed by atoms with Gasteiger partial charge in [0.2, 0.25) is 5.91 Å². The fraction of sp³-hybridized carbons (Fsp3) is 0.800. The molecule has 2 fully saturated rings. The molecular weight excluding hydrogens is 240 g/mol. The van der Waals surface area contributed by atoms with Crippen molar-refractivity contribution < 1.29 is 9.53 Å². The highest BCUT2D eigenvalue weighted by atomic mass is 16.5. The van der Waals surface area contributed by atoms with E-state index in [9.17, 15) is 4.79 Å². The minimum Gasteiger partial charge on any atom is -0.376 e. The van der Waals surface area contributed by atoms with Crippen molar-refractivity contribution >= 4 is 5.91 Å². The number of carbonyl (C=O) groups excluding carboxylic acids is 1. The van der Waals surface area contributed by atoms with Gasteiger partial charge in [0.15, 0.2) is 0 Å². The Morgan fingerprint density at radius 2 is 2.16 bits per heavy atom. The molecule has 0 aromatic rings. The maximum Gasteiger partial charge on any atom is 0.243 e. The number of rotatable bonds is 3. The number of nitrogens with one attached hydrogen (secondary N) is 1. The zero-order valence-electron chi connectivity index (χ0n) is 12.0. The van der Waals surface area contributed by atoms with E-state index in [1.54, 1.807) is 0 Å². The second-order valence-electron chi connectivity index (χ2n) is 5.59. The highest BCUT2D eigenvalue weighted by molar-refractivity contribution is 5.83. The summed E-state index contributed by atoms with van der Waals surface area (Å²) < 4.78 is 5.86. The molecule has 0 aliphatic carbocycles.